The van der Waals surface area contributed by atoms with E-state index < -0.39 is 18.7 Å². The van der Waals surface area contributed by atoms with E-state index in [4.69, 9.17) is 9.47 Å². The van der Waals surface area contributed by atoms with Crippen molar-refractivity contribution in [1.82, 2.24) is 0 Å². The average molecular weight is 599 g/mol. The second kappa shape index (κ2) is 31.6. The van der Waals surface area contributed by atoms with Crippen LogP contribution in [-0.2, 0) is 9.47 Å². The molecule has 0 saturated carbocycles. The number of rotatable bonds is 32. The second-order valence-corrected chi connectivity index (χ2v) is 13.8. The van der Waals surface area contributed by atoms with Crippen LogP contribution < -0.4 is 0 Å². The summed E-state index contributed by atoms with van der Waals surface area (Å²) in [4.78, 5) is 11.8. The molecule has 0 radical (unpaired) electrons. The molecular weight excluding hydrogens is 524 g/mol. The highest BCUT2D eigenvalue weighted by Gasteiger charge is 2.16. The number of carbonyl (C=O) groups excluding carboxylic acids is 1. The average Bonchev–Trinajstić information content (AvgIpc) is 2.92. The minimum Gasteiger partial charge on any atom is -0.405 e. The first-order chi connectivity index (χ1) is 20.3. The van der Waals surface area contributed by atoms with Gasteiger partial charge in [-0.2, -0.15) is 0 Å². The fourth-order valence-electron chi connectivity index (χ4n) is 5.65. The van der Waals surface area contributed by atoms with Crippen molar-refractivity contribution < 1.29 is 24.5 Å². The van der Waals surface area contributed by atoms with Gasteiger partial charge < -0.3 is 19.7 Å². The first kappa shape index (κ1) is 41.2. The van der Waals surface area contributed by atoms with Gasteiger partial charge in [-0.25, -0.2) is 4.79 Å². The Labute approximate surface area is 262 Å². The van der Waals surface area contributed by atoms with Crippen LogP contribution in [0.5, 0.6) is 0 Å². The summed E-state index contributed by atoms with van der Waals surface area (Å²) in [7, 11) is 0. The van der Waals surface area contributed by atoms with E-state index >= 15 is 0 Å². The van der Waals surface area contributed by atoms with Gasteiger partial charge in [0.2, 0.25) is 12.6 Å². The molecule has 0 saturated heterocycles. The Morgan fingerprint density at radius 1 is 0.381 bits per heavy atom. The number of carbonyl (C=O) groups is 1. The molecule has 0 spiro atoms. The van der Waals surface area contributed by atoms with Crippen molar-refractivity contribution in [2.45, 2.75) is 220 Å². The van der Waals surface area contributed by atoms with Gasteiger partial charge in [-0.15, -0.1) is 0 Å². The summed E-state index contributed by atoms with van der Waals surface area (Å²) >= 11 is 0. The lowest BCUT2D eigenvalue weighted by atomic mass is 10.0. The highest BCUT2D eigenvalue weighted by Crippen LogP contribution is 2.17. The molecule has 0 rings (SSSR count). The van der Waals surface area contributed by atoms with Crippen LogP contribution in [-0.4, -0.2) is 28.9 Å². The normalized spacial score (nSPS) is 13.1. The maximum Gasteiger partial charge on any atom is 0.512 e. The summed E-state index contributed by atoms with van der Waals surface area (Å²) in [5, 5.41) is 19.9. The molecule has 2 unspecified atom stereocenters. The maximum atomic E-state index is 11.8. The molecule has 0 aliphatic heterocycles. The molecule has 0 heterocycles. The van der Waals surface area contributed by atoms with Gasteiger partial charge in [-0.3, -0.25) is 0 Å². The van der Waals surface area contributed by atoms with E-state index in [1.54, 1.807) is 0 Å². The summed E-state index contributed by atoms with van der Waals surface area (Å²) in [5.41, 5.74) is 0. The zero-order valence-corrected chi connectivity index (χ0v) is 28.7. The van der Waals surface area contributed by atoms with Crippen LogP contribution in [0.3, 0.4) is 0 Å². The van der Waals surface area contributed by atoms with Crippen molar-refractivity contribution in [3.05, 3.63) is 0 Å². The van der Waals surface area contributed by atoms with Gasteiger partial charge in [-0.05, 0) is 24.7 Å². The van der Waals surface area contributed by atoms with Crippen molar-refractivity contribution in [2.24, 2.45) is 11.8 Å². The summed E-state index contributed by atoms with van der Waals surface area (Å²) in [5.74, 6) is 1.68. The lowest BCUT2D eigenvalue weighted by molar-refractivity contribution is -0.129. The van der Waals surface area contributed by atoms with Crippen molar-refractivity contribution in [3.63, 3.8) is 0 Å². The van der Waals surface area contributed by atoms with E-state index in [1.165, 1.54) is 128 Å². The fourth-order valence-corrected chi connectivity index (χ4v) is 5.65. The predicted molar refractivity (Wildman–Crippen MR) is 179 cm³/mol. The molecule has 0 fully saturated rings. The molecule has 0 aliphatic carbocycles. The molecule has 0 amide bonds. The molecule has 0 aliphatic rings. The summed E-state index contributed by atoms with van der Waals surface area (Å²) in [6.45, 7) is 9.23. The summed E-state index contributed by atoms with van der Waals surface area (Å²) in [6.07, 6.45) is 30.6. The Kier molecular flexibility index (Phi) is 31.0. The smallest absolute Gasteiger partial charge is 0.405 e. The highest BCUT2D eigenvalue weighted by molar-refractivity contribution is 5.60. The zero-order valence-electron chi connectivity index (χ0n) is 28.7. The van der Waals surface area contributed by atoms with Crippen LogP contribution in [0.25, 0.3) is 0 Å². The van der Waals surface area contributed by atoms with Crippen LogP contribution in [0.15, 0.2) is 0 Å². The number of hydrogen-bond donors (Lipinski definition) is 2. The van der Waals surface area contributed by atoms with Crippen LogP contribution in [0.1, 0.15) is 207 Å². The predicted octanol–water partition coefficient (Wildman–Crippen LogP) is 12.0. The van der Waals surface area contributed by atoms with E-state index in [0.29, 0.717) is 12.8 Å². The van der Waals surface area contributed by atoms with Crippen molar-refractivity contribution in [2.75, 3.05) is 0 Å². The third kappa shape index (κ3) is 33.7. The molecule has 2 N–H and O–H groups in total. The molecule has 0 bridgehead atoms. The van der Waals surface area contributed by atoms with Gasteiger partial charge in [0.1, 0.15) is 0 Å². The fraction of sp³-hybridized carbons (Fsp3) is 0.973. The molecule has 0 aromatic carbocycles. The Bertz CT molecular complexity index is 504. The van der Waals surface area contributed by atoms with Gasteiger partial charge in [0.05, 0.1) is 0 Å². The summed E-state index contributed by atoms with van der Waals surface area (Å²) < 4.78 is 9.80. The van der Waals surface area contributed by atoms with Gasteiger partial charge in [0.15, 0.2) is 0 Å². The molecule has 252 valence electrons. The van der Waals surface area contributed by atoms with Gasteiger partial charge in [0.25, 0.3) is 0 Å². The van der Waals surface area contributed by atoms with Crippen LogP contribution in [0.2, 0.25) is 0 Å². The lowest BCUT2D eigenvalue weighted by Gasteiger charge is -2.15. The first-order valence-electron chi connectivity index (χ1n) is 18.5. The Balaban J connectivity index is 3.40. The minimum atomic E-state index is -1.16. The SMILES string of the molecule is CC(C)CCCCCCCCCCCCCCC(O)OC(=O)OC(O)CCCCCCCCCCCCCCC(C)C. The van der Waals surface area contributed by atoms with E-state index in [-0.39, 0.29) is 0 Å². The standard InChI is InChI=1S/C37H74O5/c1-33(2)29-25-21-17-13-9-5-7-11-15-19-23-27-31-35(38)41-37(40)42-36(39)32-28-24-20-16-12-8-6-10-14-18-22-26-30-34(3)4/h33-36,38-39H,5-32H2,1-4H3. The van der Waals surface area contributed by atoms with Crippen LogP contribution >= 0.6 is 0 Å². The van der Waals surface area contributed by atoms with Gasteiger partial charge in [0, 0.05) is 12.8 Å². The Morgan fingerprint density at radius 3 is 0.786 bits per heavy atom. The third-order valence-corrected chi connectivity index (χ3v) is 8.43. The monoisotopic (exact) mass is 599 g/mol. The summed E-state index contributed by atoms with van der Waals surface area (Å²) in [6, 6.07) is 0. The van der Waals surface area contributed by atoms with Crippen molar-refractivity contribution in [3.8, 4) is 0 Å². The van der Waals surface area contributed by atoms with Crippen LogP contribution in [0.4, 0.5) is 4.79 Å². The molecule has 0 aromatic heterocycles. The maximum absolute atomic E-state index is 11.8. The number of aliphatic hydroxyl groups is 2. The third-order valence-electron chi connectivity index (χ3n) is 8.43. The van der Waals surface area contributed by atoms with Crippen molar-refractivity contribution in [1.29, 1.82) is 0 Å². The van der Waals surface area contributed by atoms with E-state index in [2.05, 4.69) is 27.7 Å². The topological polar surface area (TPSA) is 76.0 Å². The van der Waals surface area contributed by atoms with Gasteiger partial charge in [-0.1, -0.05) is 182 Å². The van der Waals surface area contributed by atoms with E-state index in [1.807, 2.05) is 0 Å². The van der Waals surface area contributed by atoms with Crippen molar-refractivity contribution >= 4 is 6.16 Å². The minimum absolute atomic E-state index is 0.417. The van der Waals surface area contributed by atoms with Crippen LogP contribution in [0, 0.1) is 11.8 Å². The Morgan fingerprint density at radius 2 is 0.571 bits per heavy atom. The molecule has 0 aromatic rings. The molecule has 2 atom stereocenters. The van der Waals surface area contributed by atoms with E-state index in [0.717, 1.165) is 50.4 Å². The number of hydrogen-bond acceptors (Lipinski definition) is 5. The number of aliphatic hydroxyl groups excluding tert-OH is 2. The number of ether oxygens (including phenoxy) is 2. The Hall–Kier alpha value is -0.810. The number of unbranched alkanes of at least 4 members (excludes halogenated alkanes) is 22. The molecular formula is C37H74O5. The quantitative estimate of drug-likeness (QED) is 0.0457. The first-order valence-corrected chi connectivity index (χ1v) is 18.5. The largest absolute Gasteiger partial charge is 0.512 e. The zero-order chi connectivity index (χ0) is 31.1. The molecule has 5 nitrogen and oxygen atoms in total. The van der Waals surface area contributed by atoms with Gasteiger partial charge >= 0.3 is 6.16 Å². The molecule has 42 heavy (non-hydrogen) atoms. The second-order valence-electron chi connectivity index (χ2n) is 13.8. The lowest BCUT2D eigenvalue weighted by Crippen LogP contribution is -2.23. The molecule has 5 heteroatoms. The van der Waals surface area contributed by atoms with E-state index in [9.17, 15) is 15.0 Å². The highest BCUT2D eigenvalue weighted by atomic mass is 16.8.